The zero-order valence-electron chi connectivity index (χ0n) is 26.8. The Bertz CT molecular complexity index is 1500. The Kier molecular flexibility index (Phi) is 12.3. The van der Waals surface area contributed by atoms with E-state index in [0.717, 1.165) is 11.1 Å². The third-order valence-corrected chi connectivity index (χ3v) is 7.79. The molecule has 1 aliphatic rings. The molecule has 1 aromatic heterocycles. The van der Waals surface area contributed by atoms with Crippen molar-refractivity contribution in [1.82, 2.24) is 40.9 Å². The van der Waals surface area contributed by atoms with E-state index in [2.05, 4.69) is 26.4 Å². The number of rotatable bonds is 5. The second kappa shape index (κ2) is 16.3. The molecule has 12 nitrogen and oxygen atoms in total. The van der Waals surface area contributed by atoms with Crippen LogP contribution in [-0.4, -0.2) is 75.0 Å². The first kappa shape index (κ1) is 34.6. The molecule has 0 aliphatic carbocycles. The molecule has 0 radical (unpaired) electrons. The molecular formula is C33H43ClN8O4. The lowest BCUT2D eigenvalue weighted by Crippen LogP contribution is -2.54. The summed E-state index contributed by atoms with van der Waals surface area (Å²) >= 11 is 6.06. The highest BCUT2D eigenvalue weighted by Gasteiger charge is 2.28. The molecule has 4 amide bonds. The Morgan fingerprint density at radius 3 is 2.28 bits per heavy atom. The van der Waals surface area contributed by atoms with Gasteiger partial charge >= 0.3 is 0 Å². The van der Waals surface area contributed by atoms with Gasteiger partial charge in [0.2, 0.25) is 23.6 Å². The van der Waals surface area contributed by atoms with E-state index >= 15 is 0 Å². The fraction of sp³-hybridized carbons (Fsp3) is 0.455. The molecule has 3 atom stereocenters. The Morgan fingerprint density at radius 1 is 0.870 bits per heavy atom. The molecule has 2 aromatic carbocycles. The second-order valence-corrected chi connectivity index (χ2v) is 12.5. The third-order valence-electron chi connectivity index (χ3n) is 7.54. The number of nitrogens with zero attached hydrogens (tertiary/aromatic N) is 4. The number of halogens is 1. The smallest absolute Gasteiger partial charge is 0.243 e. The highest BCUT2D eigenvalue weighted by Crippen LogP contribution is 2.20. The van der Waals surface area contributed by atoms with Gasteiger partial charge in [0, 0.05) is 30.2 Å². The zero-order valence-corrected chi connectivity index (χ0v) is 27.5. The van der Waals surface area contributed by atoms with Crippen LogP contribution in [-0.2, 0) is 32.3 Å². The van der Waals surface area contributed by atoms with Crippen molar-refractivity contribution in [3.63, 3.8) is 0 Å². The number of hydrogen-bond donors (Lipinski definition) is 4. The van der Waals surface area contributed by atoms with Gasteiger partial charge < -0.3 is 21.3 Å². The molecule has 2 heterocycles. The lowest BCUT2D eigenvalue weighted by Gasteiger charge is -2.25. The topological polar surface area (TPSA) is 150 Å². The van der Waals surface area contributed by atoms with Crippen molar-refractivity contribution in [2.75, 3.05) is 19.6 Å². The first-order chi connectivity index (χ1) is 22.0. The largest absolute Gasteiger partial charge is 0.354 e. The minimum atomic E-state index is -0.873. The fourth-order valence-electron chi connectivity index (χ4n) is 5.22. The van der Waals surface area contributed by atoms with Gasteiger partial charge in [0.25, 0.3) is 0 Å². The maximum absolute atomic E-state index is 13.5. The lowest BCUT2D eigenvalue weighted by molar-refractivity contribution is -0.132. The minimum Gasteiger partial charge on any atom is -0.354 e. The summed E-state index contributed by atoms with van der Waals surface area (Å²) in [5.74, 6) is -0.526. The van der Waals surface area contributed by atoms with Crippen LogP contribution >= 0.6 is 11.6 Å². The maximum atomic E-state index is 13.5. The molecule has 0 saturated heterocycles. The first-order valence-electron chi connectivity index (χ1n) is 15.6. The van der Waals surface area contributed by atoms with E-state index in [1.807, 2.05) is 61.2 Å². The van der Waals surface area contributed by atoms with E-state index in [-0.39, 0.29) is 30.8 Å². The monoisotopic (exact) mass is 650 g/mol. The molecule has 46 heavy (non-hydrogen) atoms. The predicted molar refractivity (Wildman–Crippen MR) is 175 cm³/mol. The molecule has 1 aliphatic heterocycles. The summed E-state index contributed by atoms with van der Waals surface area (Å²) in [7, 11) is 0. The maximum Gasteiger partial charge on any atom is 0.243 e. The van der Waals surface area contributed by atoms with Crippen molar-refractivity contribution < 1.29 is 19.2 Å². The Balaban J connectivity index is 1.60. The molecule has 3 aromatic rings. The van der Waals surface area contributed by atoms with Gasteiger partial charge in [-0.15, -0.1) is 0 Å². The quantitative estimate of drug-likeness (QED) is 0.332. The van der Waals surface area contributed by atoms with Crippen molar-refractivity contribution in [2.45, 2.75) is 71.8 Å². The van der Waals surface area contributed by atoms with Crippen molar-refractivity contribution in [3.8, 4) is 11.4 Å². The van der Waals surface area contributed by atoms with Gasteiger partial charge in [0.1, 0.15) is 24.5 Å². The number of carbonyl (C=O) groups is 4. The van der Waals surface area contributed by atoms with Crippen molar-refractivity contribution in [3.05, 3.63) is 71.0 Å². The number of carbonyl (C=O) groups excluding carboxylic acids is 4. The number of amides is 4. The number of aromatic nitrogens is 3. The van der Waals surface area contributed by atoms with Crippen molar-refractivity contribution >= 4 is 35.2 Å². The van der Waals surface area contributed by atoms with Crippen LogP contribution in [0.2, 0.25) is 5.02 Å². The fourth-order valence-corrected chi connectivity index (χ4v) is 5.34. The van der Waals surface area contributed by atoms with Gasteiger partial charge in [-0.1, -0.05) is 67.9 Å². The van der Waals surface area contributed by atoms with E-state index in [4.69, 9.17) is 16.6 Å². The summed E-state index contributed by atoms with van der Waals surface area (Å²) in [6, 6.07) is 14.4. The van der Waals surface area contributed by atoms with Gasteiger partial charge in [-0.25, -0.2) is 9.67 Å². The number of nitrogens with one attached hydrogen (secondary N) is 4. The van der Waals surface area contributed by atoms with Gasteiger partial charge in [0.05, 0.1) is 12.6 Å². The van der Waals surface area contributed by atoms with Gasteiger partial charge in [-0.2, -0.15) is 5.10 Å². The van der Waals surface area contributed by atoms with Crippen LogP contribution in [0.4, 0.5) is 0 Å². The van der Waals surface area contributed by atoms with Gasteiger partial charge in [-0.05, 0) is 50.3 Å². The zero-order chi connectivity index (χ0) is 33.2. The minimum absolute atomic E-state index is 0.0339. The molecule has 0 unspecified atom stereocenters. The summed E-state index contributed by atoms with van der Waals surface area (Å²) in [6.45, 7) is 8.55. The van der Waals surface area contributed by atoms with E-state index in [0.29, 0.717) is 49.1 Å². The van der Waals surface area contributed by atoms with Crippen LogP contribution in [0.3, 0.4) is 0 Å². The van der Waals surface area contributed by atoms with Gasteiger partial charge in [-0.3, -0.25) is 24.1 Å². The molecule has 4 rings (SSSR count). The van der Waals surface area contributed by atoms with Crippen LogP contribution in [0.25, 0.3) is 11.4 Å². The van der Waals surface area contributed by atoms with E-state index < -0.39 is 29.9 Å². The highest BCUT2D eigenvalue weighted by atomic mass is 35.5. The highest BCUT2D eigenvalue weighted by molar-refractivity contribution is 6.30. The number of fused-ring (bicyclic) bond motifs is 1. The average Bonchev–Trinajstić information content (AvgIpc) is 3.43. The predicted octanol–water partition coefficient (Wildman–Crippen LogP) is 2.83. The molecule has 4 N–H and O–H groups in total. The molecule has 0 fully saturated rings. The number of hydrogen-bond acceptors (Lipinski definition) is 7. The average molecular weight is 651 g/mol. The van der Waals surface area contributed by atoms with Crippen molar-refractivity contribution in [1.29, 1.82) is 0 Å². The van der Waals surface area contributed by atoms with E-state index in [9.17, 15) is 19.2 Å². The van der Waals surface area contributed by atoms with Crippen LogP contribution in [0.15, 0.2) is 54.6 Å². The van der Waals surface area contributed by atoms with E-state index in [1.54, 1.807) is 26.0 Å². The Hall–Kier alpha value is -4.29. The Labute approximate surface area is 274 Å². The molecule has 0 bridgehead atoms. The first-order valence-corrected chi connectivity index (χ1v) is 16.0. The second-order valence-electron chi connectivity index (χ2n) is 12.1. The third kappa shape index (κ3) is 10.1. The molecule has 13 heteroatoms. The summed E-state index contributed by atoms with van der Waals surface area (Å²) < 4.78 is 1.50. The van der Waals surface area contributed by atoms with Crippen LogP contribution in [0.5, 0.6) is 0 Å². The summed E-state index contributed by atoms with van der Waals surface area (Å²) in [4.78, 5) is 59.5. The lowest BCUT2D eigenvalue weighted by atomic mass is 10.0. The summed E-state index contributed by atoms with van der Waals surface area (Å²) in [5, 5.41) is 16.7. The SMILES string of the molecule is CC(C)C[C@H]1NC(=O)[C@@H](C)NC(=O)CN(Cc2ccc(Cl)cc2)CCCNC(=O)Cn2nc(-c3ccccc3)nc2[C@H](C)NC1=O. The van der Waals surface area contributed by atoms with Crippen LogP contribution in [0.1, 0.15) is 58.0 Å². The van der Waals surface area contributed by atoms with E-state index in [1.165, 1.54) is 4.68 Å². The van der Waals surface area contributed by atoms with Crippen LogP contribution in [0, 0.1) is 5.92 Å². The summed E-state index contributed by atoms with van der Waals surface area (Å²) in [6.07, 6.45) is 0.954. The molecule has 0 saturated carbocycles. The molecule has 246 valence electrons. The normalized spacial score (nSPS) is 21.2. The van der Waals surface area contributed by atoms with Crippen LogP contribution < -0.4 is 21.3 Å². The van der Waals surface area contributed by atoms with Gasteiger partial charge in [0.15, 0.2) is 5.82 Å². The Morgan fingerprint density at radius 2 is 1.59 bits per heavy atom. The molecular weight excluding hydrogens is 608 g/mol. The summed E-state index contributed by atoms with van der Waals surface area (Å²) in [5.41, 5.74) is 1.74. The standard InChI is InChI=1S/C33H43ClN8O4/c1-21(2)17-27-33(46)37-22(3)31-39-30(25-9-6-5-7-10-25)40-42(31)20-28(43)35-15-8-16-41(18-24-11-13-26(34)14-12-24)19-29(44)36-23(4)32(45)38-27/h5-7,9-14,21-23,27H,8,15-20H2,1-4H3,(H,35,43)(H,36,44)(H,37,46)(H,38,45)/t22-,23+,27+/m0/s1. The number of benzene rings is 2. The molecule has 0 spiro atoms. The van der Waals surface area contributed by atoms with Crippen molar-refractivity contribution in [2.24, 2.45) is 5.92 Å².